The van der Waals surface area contributed by atoms with E-state index in [-0.39, 0.29) is 13.2 Å². The van der Waals surface area contributed by atoms with Crippen LogP contribution in [0, 0.1) is 0 Å². The molecule has 7 heteroatoms. The van der Waals surface area contributed by atoms with Gasteiger partial charge in [-0.3, -0.25) is 4.74 Å². The maximum Gasteiger partial charge on any atom is 0.522 e. The van der Waals surface area contributed by atoms with Gasteiger partial charge in [0, 0.05) is 19.5 Å². The molecule has 0 saturated heterocycles. The molecule has 0 unspecified atom stereocenters. The van der Waals surface area contributed by atoms with E-state index in [0.717, 1.165) is 0 Å². The van der Waals surface area contributed by atoms with E-state index < -0.39 is 6.36 Å². The normalized spacial score (nSPS) is 12.1. The summed E-state index contributed by atoms with van der Waals surface area (Å²) in [6, 6.07) is 0. The number of nitrogens with two attached hydrogens (primary N) is 1. The Labute approximate surface area is 86.0 Å². The highest BCUT2D eigenvalue weighted by molar-refractivity contribution is 7.80. The maximum atomic E-state index is 11.5. The van der Waals surface area contributed by atoms with E-state index in [4.69, 9.17) is 5.73 Å². The van der Waals surface area contributed by atoms with E-state index >= 15 is 0 Å². The largest absolute Gasteiger partial charge is 0.522 e. The minimum Gasteiger partial charge on any atom is -0.393 e. The molecule has 0 radical (unpaired) electrons. The smallest absolute Gasteiger partial charge is 0.393 e. The molecule has 0 aromatic rings. The lowest BCUT2D eigenvalue weighted by molar-refractivity contribution is -0.324. The second-order valence-electron chi connectivity index (χ2n) is 2.81. The molecule has 14 heavy (non-hydrogen) atoms. The van der Waals surface area contributed by atoms with Crippen molar-refractivity contribution in [1.29, 1.82) is 0 Å². The predicted molar refractivity (Wildman–Crippen MR) is 50.9 cm³/mol. The van der Waals surface area contributed by atoms with Crippen LogP contribution in [0.15, 0.2) is 0 Å². The Hall–Kier alpha value is -0.400. The number of ether oxygens (including phenoxy) is 1. The van der Waals surface area contributed by atoms with Crippen LogP contribution in [0.5, 0.6) is 0 Å². The molecule has 0 spiro atoms. The Morgan fingerprint density at radius 1 is 1.43 bits per heavy atom. The van der Waals surface area contributed by atoms with Gasteiger partial charge in [0.15, 0.2) is 0 Å². The molecule has 0 aromatic carbocycles. The number of nitrogens with zero attached hydrogens (tertiary/aromatic N) is 1. The van der Waals surface area contributed by atoms with Gasteiger partial charge in [0.2, 0.25) is 0 Å². The summed E-state index contributed by atoms with van der Waals surface area (Å²) in [5, 5.41) is 0. The van der Waals surface area contributed by atoms with Crippen molar-refractivity contribution >= 4 is 17.2 Å². The van der Waals surface area contributed by atoms with Crippen LogP contribution in [0.2, 0.25) is 0 Å². The molecule has 0 fully saturated rings. The molecule has 0 saturated carbocycles. The lowest BCUT2D eigenvalue weighted by Crippen LogP contribution is -2.29. The van der Waals surface area contributed by atoms with Gasteiger partial charge in [0.05, 0.1) is 11.6 Å². The summed E-state index contributed by atoms with van der Waals surface area (Å²) in [6.07, 6.45) is -4.05. The average Bonchev–Trinajstić information content (AvgIpc) is 1.98. The number of likely N-dealkylation sites (N-methyl/N-ethyl adjacent to an activating group) is 1. The van der Waals surface area contributed by atoms with Crippen LogP contribution in [0.25, 0.3) is 0 Å². The van der Waals surface area contributed by atoms with Crippen LogP contribution >= 0.6 is 12.2 Å². The third-order valence-electron chi connectivity index (χ3n) is 1.48. The predicted octanol–water partition coefficient (Wildman–Crippen LogP) is 1.13. The molecule has 3 nitrogen and oxygen atoms in total. The fourth-order valence-corrected chi connectivity index (χ4v) is 0.821. The molecule has 84 valence electrons. The van der Waals surface area contributed by atoms with Crippen molar-refractivity contribution in [3.05, 3.63) is 0 Å². The first-order chi connectivity index (χ1) is 6.31. The quantitative estimate of drug-likeness (QED) is 0.694. The molecular formula is C7H13F3N2OS. The van der Waals surface area contributed by atoms with Gasteiger partial charge in [0.25, 0.3) is 0 Å². The van der Waals surface area contributed by atoms with Gasteiger partial charge in [-0.2, -0.15) is 0 Å². The van der Waals surface area contributed by atoms with Crippen LogP contribution in [-0.2, 0) is 4.74 Å². The van der Waals surface area contributed by atoms with Crippen molar-refractivity contribution in [1.82, 2.24) is 4.90 Å². The van der Waals surface area contributed by atoms with Crippen molar-refractivity contribution in [2.24, 2.45) is 5.73 Å². The highest BCUT2D eigenvalue weighted by Gasteiger charge is 2.28. The van der Waals surface area contributed by atoms with Gasteiger partial charge < -0.3 is 10.6 Å². The molecule has 0 aliphatic heterocycles. The first kappa shape index (κ1) is 13.6. The summed E-state index contributed by atoms with van der Waals surface area (Å²) < 4.78 is 38.2. The minimum atomic E-state index is -4.55. The highest BCUT2D eigenvalue weighted by Crippen LogP contribution is 2.15. The molecule has 0 amide bonds. The van der Waals surface area contributed by atoms with Crippen molar-refractivity contribution in [3.63, 3.8) is 0 Å². The lowest BCUT2D eigenvalue weighted by Gasteiger charge is -2.16. The Bertz CT molecular complexity index is 186. The van der Waals surface area contributed by atoms with Gasteiger partial charge >= 0.3 is 6.36 Å². The number of thiocarbonyl (C=S) groups is 1. The van der Waals surface area contributed by atoms with Gasteiger partial charge in [-0.1, -0.05) is 12.2 Å². The molecule has 0 aliphatic rings. The highest BCUT2D eigenvalue weighted by atomic mass is 32.1. The summed E-state index contributed by atoms with van der Waals surface area (Å²) in [7, 11) is 1.68. The number of halogens is 3. The van der Waals surface area contributed by atoms with Crippen molar-refractivity contribution in [2.75, 3.05) is 26.7 Å². The van der Waals surface area contributed by atoms with E-state index in [1.807, 2.05) is 0 Å². The SMILES string of the molecule is CN(CCOC(F)(F)F)CCC(N)=S. The zero-order valence-corrected chi connectivity index (χ0v) is 8.62. The summed E-state index contributed by atoms with van der Waals surface area (Å²) in [4.78, 5) is 2.03. The average molecular weight is 230 g/mol. The number of hydrogen-bond donors (Lipinski definition) is 1. The van der Waals surface area contributed by atoms with Crippen LogP contribution < -0.4 is 5.73 Å². The van der Waals surface area contributed by atoms with E-state index in [9.17, 15) is 13.2 Å². The van der Waals surface area contributed by atoms with Crippen LogP contribution in [0.4, 0.5) is 13.2 Å². The number of hydrogen-bond acceptors (Lipinski definition) is 3. The third kappa shape index (κ3) is 9.69. The zero-order chi connectivity index (χ0) is 11.2. The molecule has 0 atom stereocenters. The Kier molecular flexibility index (Phi) is 5.98. The van der Waals surface area contributed by atoms with E-state index in [2.05, 4.69) is 17.0 Å². The summed E-state index contributed by atoms with van der Waals surface area (Å²) in [6.45, 7) is 0.357. The summed E-state index contributed by atoms with van der Waals surface area (Å²) in [5.41, 5.74) is 5.23. The standard InChI is InChI=1S/C7H13F3N2OS/c1-12(3-2-6(11)14)4-5-13-7(8,9)10/h2-5H2,1H3,(H2,11,14). The van der Waals surface area contributed by atoms with Crippen molar-refractivity contribution in [2.45, 2.75) is 12.8 Å². The van der Waals surface area contributed by atoms with E-state index in [1.54, 1.807) is 11.9 Å². The fourth-order valence-electron chi connectivity index (χ4n) is 0.730. The van der Waals surface area contributed by atoms with Gasteiger partial charge in [-0.25, -0.2) is 0 Å². The molecule has 0 rings (SSSR count). The maximum absolute atomic E-state index is 11.5. The lowest BCUT2D eigenvalue weighted by atomic mass is 10.4. The Balaban J connectivity index is 3.45. The molecule has 0 aromatic heterocycles. The summed E-state index contributed by atoms with van der Waals surface area (Å²) in [5.74, 6) is 0. The molecule has 2 N–H and O–H groups in total. The Morgan fingerprint density at radius 2 is 2.00 bits per heavy atom. The topological polar surface area (TPSA) is 38.5 Å². The third-order valence-corrected chi connectivity index (χ3v) is 1.68. The van der Waals surface area contributed by atoms with Crippen LogP contribution in [-0.4, -0.2) is 43.0 Å². The van der Waals surface area contributed by atoms with E-state index in [1.165, 1.54) is 0 Å². The molecular weight excluding hydrogens is 217 g/mol. The van der Waals surface area contributed by atoms with Crippen molar-refractivity contribution in [3.8, 4) is 0 Å². The fraction of sp³-hybridized carbons (Fsp3) is 0.857. The zero-order valence-electron chi connectivity index (χ0n) is 7.80. The number of alkyl halides is 3. The van der Waals surface area contributed by atoms with Gasteiger partial charge in [-0.05, 0) is 7.05 Å². The second kappa shape index (κ2) is 6.15. The van der Waals surface area contributed by atoms with Crippen LogP contribution in [0.1, 0.15) is 6.42 Å². The summed E-state index contributed by atoms with van der Waals surface area (Å²) >= 11 is 4.63. The molecule has 0 bridgehead atoms. The first-order valence-electron chi connectivity index (χ1n) is 3.99. The van der Waals surface area contributed by atoms with Crippen LogP contribution in [0.3, 0.4) is 0 Å². The van der Waals surface area contributed by atoms with Gasteiger partial charge in [-0.15, -0.1) is 13.2 Å². The molecule has 0 heterocycles. The second-order valence-corrected chi connectivity index (χ2v) is 3.34. The molecule has 0 aliphatic carbocycles. The Morgan fingerprint density at radius 3 is 2.43 bits per heavy atom. The van der Waals surface area contributed by atoms with Gasteiger partial charge in [0.1, 0.15) is 0 Å². The minimum absolute atomic E-state index is 0.197. The monoisotopic (exact) mass is 230 g/mol. The van der Waals surface area contributed by atoms with E-state index in [0.29, 0.717) is 18.0 Å². The number of rotatable bonds is 6. The van der Waals surface area contributed by atoms with Crippen molar-refractivity contribution < 1.29 is 17.9 Å². The first-order valence-corrected chi connectivity index (χ1v) is 4.39.